The number of rotatable bonds is 4. The van der Waals surface area contributed by atoms with Crippen LogP contribution in [0.2, 0.25) is 0 Å². The number of hydrogen-bond acceptors (Lipinski definition) is 6. The average molecular weight is 266 g/mol. The smallest absolute Gasteiger partial charge is 0.293 e. The molecule has 1 aliphatic rings. The van der Waals surface area contributed by atoms with E-state index in [1.165, 1.54) is 6.07 Å². The highest BCUT2D eigenvalue weighted by atomic mass is 16.6. The summed E-state index contributed by atoms with van der Waals surface area (Å²) in [5.74, 6) is 5.33. The van der Waals surface area contributed by atoms with E-state index in [1.807, 2.05) is 0 Å². The Labute approximate surface area is 111 Å². The number of benzene rings is 1. The molecule has 104 valence electrons. The molecule has 7 heteroatoms. The monoisotopic (exact) mass is 266 g/mol. The van der Waals surface area contributed by atoms with Crippen LogP contribution in [-0.4, -0.2) is 36.1 Å². The second kappa shape index (κ2) is 6.46. The van der Waals surface area contributed by atoms with Crippen LogP contribution in [0.15, 0.2) is 18.2 Å². The summed E-state index contributed by atoms with van der Waals surface area (Å²) in [6.45, 7) is 4.13. The lowest BCUT2D eigenvalue weighted by atomic mass is 10.1. The third-order valence-corrected chi connectivity index (χ3v) is 3.13. The molecule has 1 fully saturated rings. The Morgan fingerprint density at radius 3 is 3.00 bits per heavy atom. The Morgan fingerprint density at radius 1 is 1.42 bits per heavy atom. The Balaban J connectivity index is 2.09. The molecule has 0 saturated carbocycles. The summed E-state index contributed by atoms with van der Waals surface area (Å²) in [6.07, 6.45) is 1.01. The minimum absolute atomic E-state index is 0.00884. The van der Waals surface area contributed by atoms with Crippen LogP contribution in [0.1, 0.15) is 12.0 Å². The molecule has 1 heterocycles. The van der Waals surface area contributed by atoms with Gasteiger partial charge in [-0.25, -0.2) is 0 Å². The molecule has 7 nitrogen and oxygen atoms in total. The summed E-state index contributed by atoms with van der Waals surface area (Å²) in [7, 11) is 0. The lowest BCUT2D eigenvalue weighted by Gasteiger charge is -2.19. The van der Waals surface area contributed by atoms with Crippen molar-refractivity contribution in [1.29, 1.82) is 0 Å². The third-order valence-electron chi connectivity index (χ3n) is 3.13. The molecular weight excluding hydrogens is 248 g/mol. The highest BCUT2D eigenvalue weighted by Gasteiger charge is 2.15. The number of nitro groups is 1. The number of nitrogens with two attached hydrogens (primary N) is 1. The van der Waals surface area contributed by atoms with E-state index in [1.54, 1.807) is 12.1 Å². The molecule has 0 spiro atoms. The highest BCUT2D eigenvalue weighted by Crippen LogP contribution is 2.25. The molecule has 3 N–H and O–H groups in total. The molecule has 1 aromatic rings. The van der Waals surface area contributed by atoms with Crippen molar-refractivity contribution in [3.8, 4) is 0 Å². The minimum Gasteiger partial charge on any atom is -0.380 e. The Morgan fingerprint density at radius 2 is 2.26 bits per heavy atom. The predicted octanol–water partition coefficient (Wildman–Crippen LogP) is 1.10. The van der Waals surface area contributed by atoms with Crippen LogP contribution in [0.25, 0.3) is 0 Å². The number of hydrazine groups is 1. The topological polar surface area (TPSA) is 93.7 Å². The number of anilines is 1. The highest BCUT2D eigenvalue weighted by molar-refractivity contribution is 5.62. The molecule has 0 radical (unpaired) electrons. The van der Waals surface area contributed by atoms with Crippen molar-refractivity contribution in [3.63, 3.8) is 0 Å². The van der Waals surface area contributed by atoms with Gasteiger partial charge in [0, 0.05) is 32.3 Å². The van der Waals surface area contributed by atoms with E-state index in [9.17, 15) is 10.1 Å². The largest absolute Gasteiger partial charge is 0.380 e. The molecule has 19 heavy (non-hydrogen) atoms. The van der Waals surface area contributed by atoms with Gasteiger partial charge in [-0.15, -0.1) is 0 Å². The van der Waals surface area contributed by atoms with Crippen molar-refractivity contribution in [3.05, 3.63) is 33.9 Å². The summed E-state index contributed by atoms with van der Waals surface area (Å²) < 4.78 is 5.39. The van der Waals surface area contributed by atoms with E-state index < -0.39 is 4.92 Å². The van der Waals surface area contributed by atoms with Crippen LogP contribution in [0.3, 0.4) is 0 Å². The van der Waals surface area contributed by atoms with E-state index in [-0.39, 0.29) is 5.69 Å². The van der Waals surface area contributed by atoms with Gasteiger partial charge in [-0.05, 0) is 18.1 Å². The summed E-state index contributed by atoms with van der Waals surface area (Å²) in [4.78, 5) is 12.6. The maximum absolute atomic E-state index is 10.8. The SMILES string of the molecule is NNc1cc(CN2CCCOCC2)ccc1[N+](=O)[O-]. The van der Waals surface area contributed by atoms with Gasteiger partial charge >= 0.3 is 0 Å². The Bertz CT molecular complexity index is 445. The number of nitrogen functional groups attached to an aromatic ring is 1. The van der Waals surface area contributed by atoms with E-state index in [0.29, 0.717) is 5.69 Å². The second-order valence-electron chi connectivity index (χ2n) is 4.50. The number of nitro benzene ring substituents is 1. The molecule has 1 aromatic carbocycles. The lowest BCUT2D eigenvalue weighted by molar-refractivity contribution is -0.384. The molecule has 1 aliphatic heterocycles. The number of nitrogens with one attached hydrogen (secondary N) is 1. The number of nitrogens with zero attached hydrogens (tertiary/aromatic N) is 2. The first-order valence-corrected chi connectivity index (χ1v) is 6.25. The molecule has 1 saturated heterocycles. The average Bonchev–Trinajstić information content (AvgIpc) is 2.67. The minimum atomic E-state index is -0.446. The maximum atomic E-state index is 10.8. The maximum Gasteiger partial charge on any atom is 0.293 e. The molecule has 0 amide bonds. The van der Waals surface area contributed by atoms with Gasteiger partial charge in [-0.2, -0.15) is 0 Å². The fourth-order valence-corrected chi connectivity index (χ4v) is 2.17. The van der Waals surface area contributed by atoms with Crippen molar-refractivity contribution < 1.29 is 9.66 Å². The molecule has 2 rings (SSSR count). The van der Waals surface area contributed by atoms with Gasteiger partial charge in [0.05, 0.1) is 11.5 Å². The van der Waals surface area contributed by atoms with E-state index in [4.69, 9.17) is 10.6 Å². The molecule has 0 atom stereocenters. The standard InChI is InChI=1S/C12H18N4O3/c13-14-11-8-10(2-3-12(11)16(17)18)9-15-4-1-6-19-7-5-15/h2-3,8,14H,1,4-7,9,13H2. The Kier molecular flexibility index (Phi) is 4.67. The van der Waals surface area contributed by atoms with E-state index >= 15 is 0 Å². The molecule has 0 unspecified atom stereocenters. The molecule has 0 aliphatic carbocycles. The van der Waals surface area contributed by atoms with Crippen LogP contribution in [-0.2, 0) is 11.3 Å². The van der Waals surface area contributed by atoms with Crippen molar-refractivity contribution in [2.24, 2.45) is 5.84 Å². The third kappa shape index (κ3) is 3.63. The summed E-state index contributed by atoms with van der Waals surface area (Å²) in [5.41, 5.74) is 3.71. The molecule has 0 bridgehead atoms. The fraction of sp³-hybridized carbons (Fsp3) is 0.500. The predicted molar refractivity (Wildman–Crippen MR) is 71.6 cm³/mol. The van der Waals surface area contributed by atoms with Gasteiger partial charge in [0.1, 0.15) is 5.69 Å². The summed E-state index contributed by atoms with van der Waals surface area (Å²) in [5, 5.41) is 10.8. The first-order valence-electron chi connectivity index (χ1n) is 6.25. The van der Waals surface area contributed by atoms with Crippen LogP contribution in [0, 0.1) is 10.1 Å². The van der Waals surface area contributed by atoms with Crippen LogP contribution < -0.4 is 11.3 Å². The van der Waals surface area contributed by atoms with Gasteiger partial charge in [-0.3, -0.25) is 20.9 Å². The van der Waals surface area contributed by atoms with Gasteiger partial charge in [-0.1, -0.05) is 6.07 Å². The van der Waals surface area contributed by atoms with Gasteiger partial charge in [0.25, 0.3) is 5.69 Å². The molecule has 0 aromatic heterocycles. The van der Waals surface area contributed by atoms with E-state index in [2.05, 4.69) is 10.3 Å². The summed E-state index contributed by atoms with van der Waals surface area (Å²) >= 11 is 0. The van der Waals surface area contributed by atoms with Crippen molar-refractivity contribution >= 4 is 11.4 Å². The van der Waals surface area contributed by atoms with Gasteiger partial charge in [0.15, 0.2) is 0 Å². The van der Waals surface area contributed by atoms with E-state index in [0.717, 1.165) is 44.8 Å². The van der Waals surface area contributed by atoms with Crippen LogP contribution >= 0.6 is 0 Å². The fourth-order valence-electron chi connectivity index (χ4n) is 2.17. The van der Waals surface area contributed by atoms with Crippen LogP contribution in [0.5, 0.6) is 0 Å². The van der Waals surface area contributed by atoms with Gasteiger partial charge in [0.2, 0.25) is 0 Å². The van der Waals surface area contributed by atoms with Crippen molar-refractivity contribution in [2.45, 2.75) is 13.0 Å². The van der Waals surface area contributed by atoms with Crippen molar-refractivity contribution in [2.75, 3.05) is 31.7 Å². The zero-order valence-electron chi connectivity index (χ0n) is 10.7. The zero-order valence-corrected chi connectivity index (χ0v) is 10.7. The first kappa shape index (κ1) is 13.7. The number of ether oxygens (including phenoxy) is 1. The normalized spacial score (nSPS) is 16.9. The number of hydrogen-bond donors (Lipinski definition) is 2. The zero-order chi connectivity index (χ0) is 13.7. The van der Waals surface area contributed by atoms with Crippen LogP contribution in [0.4, 0.5) is 11.4 Å². The Hall–Kier alpha value is -1.70. The van der Waals surface area contributed by atoms with Gasteiger partial charge < -0.3 is 10.2 Å². The first-order chi connectivity index (χ1) is 9.20. The molecular formula is C12H18N4O3. The summed E-state index contributed by atoms with van der Waals surface area (Å²) in [6, 6.07) is 4.98. The van der Waals surface area contributed by atoms with Crippen molar-refractivity contribution in [1.82, 2.24) is 4.90 Å². The second-order valence-corrected chi connectivity index (χ2v) is 4.50. The quantitative estimate of drug-likeness (QED) is 0.481. The lowest BCUT2D eigenvalue weighted by Crippen LogP contribution is -2.25.